The lowest BCUT2D eigenvalue weighted by molar-refractivity contribution is -0.135. The van der Waals surface area contributed by atoms with Gasteiger partial charge in [-0.05, 0) is 26.7 Å². The summed E-state index contributed by atoms with van der Waals surface area (Å²) in [5, 5.41) is 3.19. The second kappa shape index (κ2) is 5.83. The Morgan fingerprint density at radius 1 is 1.39 bits per heavy atom. The third kappa shape index (κ3) is 2.78. The number of nitrogens with one attached hydrogen (secondary N) is 1. The number of aromatic amines is 1. The standard InChI is InChI=1S/C17H24N4O2/c1-10(2)16(22)20-7-5-6-13(9-20)14-8-15-18-12(4)11(3)17(23)21(15)19-14/h8,10,13,19H,5-7,9H2,1-4H3/t13-/m1/s1. The zero-order chi connectivity index (χ0) is 16.7. The molecule has 124 valence electrons. The van der Waals surface area contributed by atoms with Crippen molar-refractivity contribution in [2.45, 2.75) is 46.5 Å². The van der Waals surface area contributed by atoms with Crippen LogP contribution in [-0.4, -0.2) is 38.5 Å². The lowest BCUT2D eigenvalue weighted by Crippen LogP contribution is -2.41. The van der Waals surface area contributed by atoms with E-state index in [-0.39, 0.29) is 23.3 Å². The highest BCUT2D eigenvalue weighted by molar-refractivity contribution is 5.78. The van der Waals surface area contributed by atoms with Gasteiger partial charge in [-0.3, -0.25) is 14.7 Å². The summed E-state index contributed by atoms with van der Waals surface area (Å²) in [5.74, 6) is 0.451. The van der Waals surface area contributed by atoms with Crippen LogP contribution in [0.15, 0.2) is 10.9 Å². The molecule has 0 aliphatic carbocycles. The minimum atomic E-state index is -0.0512. The number of likely N-dealkylation sites (tertiary alicyclic amines) is 1. The average molecular weight is 316 g/mol. The van der Waals surface area contributed by atoms with Crippen LogP contribution in [0, 0.1) is 19.8 Å². The summed E-state index contributed by atoms with van der Waals surface area (Å²) < 4.78 is 1.51. The molecule has 2 aromatic rings. The average Bonchev–Trinajstić information content (AvgIpc) is 2.96. The third-order valence-corrected chi connectivity index (χ3v) is 4.77. The van der Waals surface area contributed by atoms with E-state index >= 15 is 0 Å². The number of carbonyl (C=O) groups is 1. The number of amides is 1. The van der Waals surface area contributed by atoms with Crippen molar-refractivity contribution >= 4 is 11.6 Å². The summed E-state index contributed by atoms with van der Waals surface area (Å²) in [6, 6.07) is 1.95. The highest BCUT2D eigenvalue weighted by atomic mass is 16.2. The van der Waals surface area contributed by atoms with Gasteiger partial charge in [-0.1, -0.05) is 13.8 Å². The fraction of sp³-hybridized carbons (Fsp3) is 0.588. The number of nitrogens with zero attached hydrogens (tertiary/aromatic N) is 3. The van der Waals surface area contributed by atoms with Crippen LogP contribution in [0.1, 0.15) is 49.6 Å². The second-order valence-corrected chi connectivity index (χ2v) is 6.81. The molecule has 6 heteroatoms. The summed E-state index contributed by atoms with van der Waals surface area (Å²) >= 11 is 0. The van der Waals surface area contributed by atoms with Gasteiger partial charge in [-0.25, -0.2) is 9.50 Å². The second-order valence-electron chi connectivity index (χ2n) is 6.81. The van der Waals surface area contributed by atoms with Gasteiger partial charge in [0.15, 0.2) is 5.65 Å². The van der Waals surface area contributed by atoms with Crippen molar-refractivity contribution in [2.75, 3.05) is 13.1 Å². The van der Waals surface area contributed by atoms with Crippen molar-refractivity contribution in [3.8, 4) is 0 Å². The molecule has 1 amide bonds. The number of rotatable bonds is 2. The summed E-state index contributed by atoms with van der Waals surface area (Å²) in [4.78, 5) is 31.0. The van der Waals surface area contributed by atoms with Gasteiger partial charge in [0.25, 0.3) is 5.56 Å². The van der Waals surface area contributed by atoms with Crippen LogP contribution < -0.4 is 5.56 Å². The smallest absolute Gasteiger partial charge is 0.275 e. The Morgan fingerprint density at radius 2 is 2.13 bits per heavy atom. The zero-order valence-corrected chi connectivity index (χ0v) is 14.2. The van der Waals surface area contributed by atoms with Crippen molar-refractivity contribution in [3.05, 3.63) is 33.4 Å². The molecule has 23 heavy (non-hydrogen) atoms. The fourth-order valence-corrected chi connectivity index (χ4v) is 3.24. The molecule has 0 unspecified atom stereocenters. The van der Waals surface area contributed by atoms with E-state index in [4.69, 9.17) is 0 Å². The Morgan fingerprint density at radius 3 is 2.83 bits per heavy atom. The molecule has 0 aromatic carbocycles. The van der Waals surface area contributed by atoms with E-state index in [0.717, 1.165) is 30.8 Å². The maximum atomic E-state index is 12.3. The van der Waals surface area contributed by atoms with E-state index in [1.807, 2.05) is 31.7 Å². The van der Waals surface area contributed by atoms with Crippen molar-refractivity contribution in [1.82, 2.24) is 19.5 Å². The van der Waals surface area contributed by atoms with Crippen molar-refractivity contribution in [1.29, 1.82) is 0 Å². The number of fused-ring (bicyclic) bond motifs is 1. The van der Waals surface area contributed by atoms with Gasteiger partial charge in [0.2, 0.25) is 5.91 Å². The SMILES string of the molecule is Cc1nc2cc([C@@H]3CCCN(C(=O)C(C)C)C3)[nH]n2c(=O)c1C. The van der Waals surface area contributed by atoms with Crippen LogP contribution in [-0.2, 0) is 4.79 Å². The number of hydrogen-bond acceptors (Lipinski definition) is 3. The van der Waals surface area contributed by atoms with Crippen LogP contribution >= 0.6 is 0 Å². The molecule has 1 saturated heterocycles. The number of piperidine rings is 1. The van der Waals surface area contributed by atoms with E-state index in [1.54, 1.807) is 6.92 Å². The molecule has 1 N–H and O–H groups in total. The van der Waals surface area contributed by atoms with Crippen molar-refractivity contribution < 1.29 is 4.79 Å². The molecule has 1 aliphatic heterocycles. The van der Waals surface area contributed by atoms with Gasteiger partial charge < -0.3 is 4.90 Å². The molecular formula is C17H24N4O2. The lowest BCUT2D eigenvalue weighted by Gasteiger charge is -2.33. The number of H-pyrrole nitrogens is 1. The van der Waals surface area contributed by atoms with Gasteiger partial charge in [-0.15, -0.1) is 0 Å². The molecule has 0 radical (unpaired) electrons. The van der Waals surface area contributed by atoms with Crippen LogP contribution in [0.25, 0.3) is 5.65 Å². The van der Waals surface area contributed by atoms with Crippen molar-refractivity contribution in [3.63, 3.8) is 0 Å². The summed E-state index contributed by atoms with van der Waals surface area (Å²) in [7, 11) is 0. The van der Waals surface area contributed by atoms with Gasteiger partial charge in [0.1, 0.15) is 0 Å². The highest BCUT2D eigenvalue weighted by Gasteiger charge is 2.27. The van der Waals surface area contributed by atoms with Gasteiger partial charge in [0.05, 0.1) is 0 Å². The van der Waals surface area contributed by atoms with Crippen molar-refractivity contribution in [2.24, 2.45) is 5.92 Å². The topological polar surface area (TPSA) is 70.5 Å². The normalized spacial score (nSPS) is 18.8. The molecule has 6 nitrogen and oxygen atoms in total. The van der Waals surface area contributed by atoms with E-state index in [0.29, 0.717) is 17.8 Å². The summed E-state index contributed by atoms with van der Waals surface area (Å²) in [6.07, 6.45) is 2.00. The Bertz CT molecular complexity index is 803. The summed E-state index contributed by atoms with van der Waals surface area (Å²) in [6.45, 7) is 9.04. The monoisotopic (exact) mass is 316 g/mol. The maximum Gasteiger partial charge on any atom is 0.275 e. The molecule has 0 spiro atoms. The molecule has 1 atom stereocenters. The van der Waals surface area contributed by atoms with Gasteiger partial charge in [0, 0.05) is 47.9 Å². The fourth-order valence-electron chi connectivity index (χ4n) is 3.24. The molecule has 1 fully saturated rings. The highest BCUT2D eigenvalue weighted by Crippen LogP contribution is 2.27. The maximum absolute atomic E-state index is 12.3. The van der Waals surface area contributed by atoms with Crippen LogP contribution in [0.3, 0.4) is 0 Å². The van der Waals surface area contributed by atoms with Gasteiger partial charge >= 0.3 is 0 Å². The molecular weight excluding hydrogens is 292 g/mol. The zero-order valence-electron chi connectivity index (χ0n) is 14.2. The van der Waals surface area contributed by atoms with E-state index in [2.05, 4.69) is 10.1 Å². The Kier molecular flexibility index (Phi) is 4.00. The molecule has 0 bridgehead atoms. The Hall–Kier alpha value is -2.11. The lowest BCUT2D eigenvalue weighted by atomic mass is 9.94. The number of hydrogen-bond donors (Lipinski definition) is 1. The molecule has 0 saturated carbocycles. The quantitative estimate of drug-likeness (QED) is 0.921. The van der Waals surface area contributed by atoms with Crippen LogP contribution in [0.4, 0.5) is 0 Å². The number of aromatic nitrogens is 3. The first kappa shape index (κ1) is 15.8. The van der Waals surface area contributed by atoms with E-state index in [1.165, 1.54) is 4.52 Å². The first-order valence-electron chi connectivity index (χ1n) is 8.26. The largest absolute Gasteiger partial charge is 0.342 e. The molecule has 3 heterocycles. The molecule has 2 aromatic heterocycles. The number of carbonyl (C=O) groups excluding carboxylic acids is 1. The Balaban J connectivity index is 1.92. The van der Waals surface area contributed by atoms with E-state index in [9.17, 15) is 9.59 Å². The minimum Gasteiger partial charge on any atom is -0.342 e. The van der Waals surface area contributed by atoms with E-state index < -0.39 is 0 Å². The molecule has 3 rings (SSSR count). The predicted octanol–water partition coefficient (Wildman–Crippen LogP) is 2.00. The predicted molar refractivity (Wildman–Crippen MR) is 88.7 cm³/mol. The first-order valence-corrected chi connectivity index (χ1v) is 8.26. The Labute approximate surface area is 135 Å². The molecule has 1 aliphatic rings. The third-order valence-electron chi connectivity index (χ3n) is 4.77. The minimum absolute atomic E-state index is 0.0195. The van der Waals surface area contributed by atoms with Gasteiger partial charge in [-0.2, -0.15) is 0 Å². The number of aryl methyl sites for hydroxylation is 1. The van der Waals surface area contributed by atoms with Crippen LogP contribution in [0.5, 0.6) is 0 Å². The first-order chi connectivity index (χ1) is 10.9. The van der Waals surface area contributed by atoms with Crippen LogP contribution in [0.2, 0.25) is 0 Å². The summed E-state index contributed by atoms with van der Waals surface area (Å²) in [5.41, 5.74) is 3.02.